The molecule has 1 aliphatic carbocycles. The number of rotatable bonds is 5. The van der Waals surface area contributed by atoms with Crippen molar-refractivity contribution in [2.24, 2.45) is 5.73 Å². The minimum absolute atomic E-state index is 0.0695. The van der Waals surface area contributed by atoms with Gasteiger partial charge >= 0.3 is 0 Å². The van der Waals surface area contributed by atoms with Crippen molar-refractivity contribution >= 4 is 11.3 Å². The van der Waals surface area contributed by atoms with E-state index in [1.165, 1.54) is 12.8 Å². The second kappa shape index (κ2) is 5.46. The van der Waals surface area contributed by atoms with Crippen LogP contribution in [0.15, 0.2) is 5.38 Å². The van der Waals surface area contributed by atoms with Crippen LogP contribution in [0, 0.1) is 0 Å². The third-order valence-corrected chi connectivity index (χ3v) is 4.61. The predicted octanol–water partition coefficient (Wildman–Crippen LogP) is 3.36. The fraction of sp³-hybridized carbons (Fsp3) is 0.769. The van der Waals surface area contributed by atoms with Crippen LogP contribution in [0.1, 0.15) is 62.7 Å². The van der Waals surface area contributed by atoms with Crippen molar-refractivity contribution in [1.29, 1.82) is 0 Å². The first-order valence-electron chi connectivity index (χ1n) is 6.57. The molecule has 0 spiro atoms. The van der Waals surface area contributed by atoms with Crippen LogP contribution in [0.3, 0.4) is 0 Å². The van der Waals surface area contributed by atoms with Crippen LogP contribution in [0.4, 0.5) is 0 Å². The topological polar surface area (TPSA) is 48.1 Å². The van der Waals surface area contributed by atoms with Crippen molar-refractivity contribution < 1.29 is 4.74 Å². The lowest BCUT2D eigenvalue weighted by Crippen LogP contribution is -2.26. The van der Waals surface area contributed by atoms with Gasteiger partial charge in [-0.15, -0.1) is 11.3 Å². The highest BCUT2D eigenvalue weighted by molar-refractivity contribution is 7.09. The van der Waals surface area contributed by atoms with E-state index in [1.54, 1.807) is 11.3 Å². The van der Waals surface area contributed by atoms with Gasteiger partial charge in [0.05, 0.1) is 5.69 Å². The van der Waals surface area contributed by atoms with E-state index in [-0.39, 0.29) is 11.6 Å². The van der Waals surface area contributed by atoms with Crippen molar-refractivity contribution in [3.05, 3.63) is 16.1 Å². The number of aromatic nitrogens is 1. The standard InChI is InChI=1S/C13H22N2OS/c1-3-10(14)11-9-17-12(15-11)13(16-4-2)7-5-6-8-13/h9-10H,3-8,14H2,1-2H3. The van der Waals surface area contributed by atoms with Gasteiger partial charge in [0.25, 0.3) is 0 Å². The van der Waals surface area contributed by atoms with Crippen LogP contribution in [0.2, 0.25) is 0 Å². The average Bonchev–Trinajstić information content (AvgIpc) is 2.97. The van der Waals surface area contributed by atoms with Gasteiger partial charge in [0.15, 0.2) is 0 Å². The molecule has 3 nitrogen and oxygen atoms in total. The zero-order valence-electron chi connectivity index (χ0n) is 10.7. The quantitative estimate of drug-likeness (QED) is 0.876. The first-order chi connectivity index (χ1) is 8.22. The average molecular weight is 254 g/mol. The molecule has 0 aromatic carbocycles. The van der Waals surface area contributed by atoms with E-state index in [9.17, 15) is 0 Å². The molecule has 0 amide bonds. The van der Waals surface area contributed by atoms with Crippen LogP contribution in [-0.4, -0.2) is 11.6 Å². The highest BCUT2D eigenvalue weighted by Gasteiger charge is 2.39. The Hall–Kier alpha value is -0.450. The fourth-order valence-electron chi connectivity index (χ4n) is 2.52. The summed E-state index contributed by atoms with van der Waals surface area (Å²) in [4.78, 5) is 4.72. The number of hydrogen-bond acceptors (Lipinski definition) is 4. The summed E-state index contributed by atoms with van der Waals surface area (Å²) in [5.74, 6) is 0. The Morgan fingerprint density at radius 3 is 2.76 bits per heavy atom. The number of nitrogens with zero attached hydrogens (tertiary/aromatic N) is 1. The van der Waals surface area contributed by atoms with Gasteiger partial charge in [0.1, 0.15) is 10.6 Å². The maximum Gasteiger partial charge on any atom is 0.125 e. The highest BCUT2D eigenvalue weighted by Crippen LogP contribution is 2.43. The van der Waals surface area contributed by atoms with Crippen molar-refractivity contribution in [2.45, 2.75) is 57.6 Å². The summed E-state index contributed by atoms with van der Waals surface area (Å²) >= 11 is 1.71. The molecule has 0 saturated heterocycles. The largest absolute Gasteiger partial charge is 0.368 e. The molecule has 96 valence electrons. The molecule has 1 aliphatic rings. The number of hydrogen-bond donors (Lipinski definition) is 1. The van der Waals surface area contributed by atoms with E-state index < -0.39 is 0 Å². The Morgan fingerprint density at radius 2 is 2.18 bits per heavy atom. The second-order valence-electron chi connectivity index (χ2n) is 4.73. The first-order valence-corrected chi connectivity index (χ1v) is 7.45. The van der Waals surface area contributed by atoms with Crippen molar-refractivity contribution in [3.63, 3.8) is 0 Å². The Kier molecular flexibility index (Phi) is 4.17. The molecule has 1 atom stereocenters. The van der Waals surface area contributed by atoms with E-state index >= 15 is 0 Å². The van der Waals surface area contributed by atoms with Crippen LogP contribution in [-0.2, 0) is 10.3 Å². The first kappa shape index (κ1) is 13.0. The second-order valence-corrected chi connectivity index (χ2v) is 5.58. The summed E-state index contributed by atoms with van der Waals surface area (Å²) in [5.41, 5.74) is 6.95. The Morgan fingerprint density at radius 1 is 1.47 bits per heavy atom. The van der Waals surface area contributed by atoms with Crippen molar-refractivity contribution in [2.75, 3.05) is 6.61 Å². The summed E-state index contributed by atoms with van der Waals surface area (Å²) in [5, 5.41) is 3.23. The molecule has 1 saturated carbocycles. The minimum atomic E-state index is -0.106. The van der Waals surface area contributed by atoms with E-state index in [0.29, 0.717) is 0 Å². The van der Waals surface area contributed by atoms with Gasteiger partial charge < -0.3 is 10.5 Å². The fourth-order valence-corrected chi connectivity index (χ4v) is 3.61. The maximum atomic E-state index is 6.03. The molecule has 1 fully saturated rings. The number of ether oxygens (including phenoxy) is 1. The Labute approximate surface area is 107 Å². The predicted molar refractivity (Wildman–Crippen MR) is 71.1 cm³/mol. The molecule has 4 heteroatoms. The van der Waals surface area contributed by atoms with Gasteiger partial charge in [0, 0.05) is 18.0 Å². The molecule has 2 rings (SSSR count). The van der Waals surface area contributed by atoms with E-state index in [2.05, 4.69) is 19.2 Å². The third kappa shape index (κ3) is 2.54. The van der Waals surface area contributed by atoms with E-state index in [1.807, 2.05) is 0 Å². The molecule has 1 aromatic heterocycles. The molecule has 17 heavy (non-hydrogen) atoms. The van der Waals surface area contributed by atoms with Gasteiger partial charge in [-0.1, -0.05) is 19.8 Å². The number of thiazole rings is 1. The van der Waals surface area contributed by atoms with E-state index in [4.69, 9.17) is 15.5 Å². The van der Waals surface area contributed by atoms with Gasteiger partial charge in [-0.25, -0.2) is 4.98 Å². The van der Waals surface area contributed by atoms with Crippen LogP contribution in [0.25, 0.3) is 0 Å². The third-order valence-electron chi connectivity index (χ3n) is 3.56. The monoisotopic (exact) mass is 254 g/mol. The Bertz CT molecular complexity index is 358. The molecule has 0 bridgehead atoms. The van der Waals surface area contributed by atoms with Crippen LogP contribution in [0.5, 0.6) is 0 Å². The Balaban J connectivity index is 2.22. The normalized spacial score (nSPS) is 20.6. The van der Waals surface area contributed by atoms with Crippen LogP contribution < -0.4 is 5.73 Å². The van der Waals surface area contributed by atoms with Gasteiger partial charge in [-0.05, 0) is 26.2 Å². The summed E-state index contributed by atoms with van der Waals surface area (Å²) in [6.07, 6.45) is 5.64. The summed E-state index contributed by atoms with van der Waals surface area (Å²) in [6.45, 7) is 4.92. The highest BCUT2D eigenvalue weighted by atomic mass is 32.1. The minimum Gasteiger partial charge on any atom is -0.368 e. The molecule has 2 N–H and O–H groups in total. The lowest BCUT2D eigenvalue weighted by Gasteiger charge is -2.26. The molecular weight excluding hydrogens is 232 g/mol. The smallest absolute Gasteiger partial charge is 0.125 e. The van der Waals surface area contributed by atoms with Gasteiger partial charge in [-0.3, -0.25) is 0 Å². The van der Waals surface area contributed by atoms with Crippen molar-refractivity contribution in [3.8, 4) is 0 Å². The summed E-state index contributed by atoms with van der Waals surface area (Å²) in [6, 6.07) is 0.0695. The zero-order chi connectivity index (χ0) is 12.3. The summed E-state index contributed by atoms with van der Waals surface area (Å²) in [7, 11) is 0. The van der Waals surface area contributed by atoms with Gasteiger partial charge in [-0.2, -0.15) is 0 Å². The lowest BCUT2D eigenvalue weighted by molar-refractivity contribution is -0.0392. The molecule has 1 unspecified atom stereocenters. The van der Waals surface area contributed by atoms with Gasteiger partial charge in [0.2, 0.25) is 0 Å². The van der Waals surface area contributed by atoms with E-state index in [0.717, 1.165) is 36.6 Å². The maximum absolute atomic E-state index is 6.03. The van der Waals surface area contributed by atoms with Crippen molar-refractivity contribution in [1.82, 2.24) is 4.98 Å². The molecule has 1 heterocycles. The number of nitrogens with two attached hydrogens (primary N) is 1. The lowest BCUT2D eigenvalue weighted by atomic mass is 10.0. The molecular formula is C13H22N2OS. The molecule has 0 radical (unpaired) electrons. The SMILES string of the molecule is CCOC1(c2nc(C(N)CC)cs2)CCCC1. The summed E-state index contributed by atoms with van der Waals surface area (Å²) < 4.78 is 6.01. The zero-order valence-corrected chi connectivity index (χ0v) is 11.6. The molecule has 0 aliphatic heterocycles. The molecule has 1 aromatic rings. The van der Waals surface area contributed by atoms with Crippen LogP contribution >= 0.6 is 11.3 Å².